The number of benzene rings is 1. The van der Waals surface area contributed by atoms with Crippen LogP contribution in [-0.4, -0.2) is 4.98 Å². The third-order valence-electron chi connectivity index (χ3n) is 2.74. The molecule has 1 N–H and O–H groups in total. The normalized spacial score (nSPS) is 10.5. The van der Waals surface area contributed by atoms with Crippen LogP contribution < -0.4 is 5.32 Å². The van der Waals surface area contributed by atoms with Crippen LogP contribution in [0.4, 0.5) is 5.69 Å². The molecular formula is C14H18N2S. The number of nitrogens with zero attached hydrogens (tertiary/aromatic N) is 1. The fraction of sp³-hybridized carbons (Fsp3) is 0.357. The number of nitrogens with one attached hydrogen (secondary N) is 1. The highest BCUT2D eigenvalue weighted by Crippen LogP contribution is 2.14. The van der Waals surface area contributed by atoms with E-state index in [4.69, 9.17) is 0 Å². The van der Waals surface area contributed by atoms with Crippen molar-refractivity contribution in [2.45, 2.75) is 33.2 Å². The maximum Gasteiger partial charge on any atom is 0.0926 e. The summed E-state index contributed by atoms with van der Waals surface area (Å²) in [6, 6.07) is 8.60. The zero-order valence-electron chi connectivity index (χ0n) is 10.4. The smallest absolute Gasteiger partial charge is 0.0926 e. The predicted molar refractivity (Wildman–Crippen MR) is 74.6 cm³/mol. The number of rotatable bonds is 5. The first-order valence-corrected chi connectivity index (χ1v) is 6.96. The Balaban J connectivity index is 1.92. The van der Waals surface area contributed by atoms with Crippen LogP contribution in [0.3, 0.4) is 0 Å². The van der Waals surface area contributed by atoms with Gasteiger partial charge < -0.3 is 5.32 Å². The summed E-state index contributed by atoms with van der Waals surface area (Å²) in [6.07, 6.45) is 2.11. The molecule has 0 bridgehead atoms. The van der Waals surface area contributed by atoms with Crippen molar-refractivity contribution in [3.63, 3.8) is 0 Å². The van der Waals surface area contributed by atoms with Gasteiger partial charge in [-0.1, -0.05) is 26.0 Å². The summed E-state index contributed by atoms with van der Waals surface area (Å²) >= 11 is 1.74. The van der Waals surface area contributed by atoms with Crippen LogP contribution in [0.15, 0.2) is 29.6 Å². The van der Waals surface area contributed by atoms with Crippen LogP contribution in [0.5, 0.6) is 0 Å². The second-order valence-electron chi connectivity index (χ2n) is 3.99. The lowest BCUT2D eigenvalue weighted by Gasteiger charge is -2.05. The van der Waals surface area contributed by atoms with Crippen LogP contribution in [0, 0.1) is 0 Å². The second-order valence-corrected chi connectivity index (χ2v) is 4.93. The summed E-state index contributed by atoms with van der Waals surface area (Å²) in [4.78, 5) is 4.53. The molecule has 0 atom stereocenters. The largest absolute Gasteiger partial charge is 0.379 e. The van der Waals surface area contributed by atoms with Crippen molar-refractivity contribution in [1.82, 2.24) is 4.98 Å². The molecule has 0 saturated heterocycles. The van der Waals surface area contributed by atoms with Crippen molar-refractivity contribution in [1.29, 1.82) is 0 Å². The number of hydrogen-bond donors (Lipinski definition) is 1. The molecule has 1 heterocycles. The first-order chi connectivity index (χ1) is 8.31. The first kappa shape index (κ1) is 12.1. The van der Waals surface area contributed by atoms with Crippen molar-refractivity contribution >= 4 is 17.0 Å². The van der Waals surface area contributed by atoms with Gasteiger partial charge in [-0.2, -0.15) is 0 Å². The Morgan fingerprint density at radius 1 is 1.12 bits per heavy atom. The van der Waals surface area contributed by atoms with E-state index in [2.05, 4.69) is 53.8 Å². The molecule has 1 aromatic heterocycles. The lowest BCUT2D eigenvalue weighted by Crippen LogP contribution is -1.99. The molecule has 3 heteroatoms. The van der Waals surface area contributed by atoms with Gasteiger partial charge in [-0.3, -0.25) is 0 Å². The van der Waals surface area contributed by atoms with Gasteiger partial charge in [-0.25, -0.2) is 4.98 Å². The summed E-state index contributed by atoms with van der Waals surface area (Å²) in [7, 11) is 0. The summed E-state index contributed by atoms with van der Waals surface area (Å²) in [6.45, 7) is 5.12. The molecule has 0 radical (unpaired) electrons. The van der Waals surface area contributed by atoms with Gasteiger partial charge in [0.15, 0.2) is 0 Å². The molecule has 0 saturated carbocycles. The third-order valence-corrected chi connectivity index (χ3v) is 3.78. The fourth-order valence-corrected chi connectivity index (χ4v) is 2.39. The second kappa shape index (κ2) is 5.82. The highest BCUT2D eigenvalue weighted by atomic mass is 32.1. The van der Waals surface area contributed by atoms with E-state index in [1.54, 1.807) is 11.3 Å². The molecule has 90 valence electrons. The molecule has 1 aromatic carbocycles. The molecule has 17 heavy (non-hydrogen) atoms. The van der Waals surface area contributed by atoms with E-state index in [1.165, 1.54) is 10.6 Å². The highest BCUT2D eigenvalue weighted by Gasteiger charge is 2.00. The van der Waals surface area contributed by atoms with Gasteiger partial charge >= 0.3 is 0 Å². The van der Waals surface area contributed by atoms with Gasteiger partial charge in [-0.05, 0) is 30.5 Å². The maximum absolute atomic E-state index is 4.53. The Labute approximate surface area is 107 Å². The quantitative estimate of drug-likeness (QED) is 0.866. The number of thiazole rings is 1. The first-order valence-electron chi connectivity index (χ1n) is 6.08. The van der Waals surface area contributed by atoms with Crippen molar-refractivity contribution < 1.29 is 0 Å². The molecule has 0 unspecified atom stereocenters. The third kappa shape index (κ3) is 3.30. The minimum absolute atomic E-state index is 0.808. The Bertz CT molecular complexity index is 459. The van der Waals surface area contributed by atoms with Crippen LogP contribution in [0.2, 0.25) is 0 Å². The van der Waals surface area contributed by atoms with Crippen molar-refractivity contribution in [3.05, 3.63) is 45.9 Å². The summed E-state index contributed by atoms with van der Waals surface area (Å²) < 4.78 is 0. The lowest BCUT2D eigenvalue weighted by atomic mass is 10.1. The summed E-state index contributed by atoms with van der Waals surface area (Å²) in [5, 5.41) is 6.74. The minimum Gasteiger partial charge on any atom is -0.379 e. The van der Waals surface area contributed by atoms with E-state index in [-0.39, 0.29) is 0 Å². The van der Waals surface area contributed by atoms with Crippen molar-refractivity contribution in [3.8, 4) is 0 Å². The van der Waals surface area contributed by atoms with Gasteiger partial charge in [0.05, 0.1) is 17.2 Å². The van der Waals surface area contributed by atoms with Crippen LogP contribution in [0.25, 0.3) is 0 Å². The monoisotopic (exact) mass is 246 g/mol. The van der Waals surface area contributed by atoms with Gasteiger partial charge in [0.2, 0.25) is 0 Å². The lowest BCUT2D eigenvalue weighted by molar-refractivity contribution is 1.01. The van der Waals surface area contributed by atoms with Crippen LogP contribution in [0.1, 0.15) is 30.1 Å². The van der Waals surface area contributed by atoms with E-state index in [1.807, 2.05) is 0 Å². The molecular weight excluding hydrogens is 228 g/mol. The minimum atomic E-state index is 0.808. The topological polar surface area (TPSA) is 24.9 Å². The van der Waals surface area contributed by atoms with Gasteiger partial charge in [0, 0.05) is 11.1 Å². The molecule has 2 rings (SSSR count). The molecule has 2 aromatic rings. The number of anilines is 1. The van der Waals surface area contributed by atoms with Crippen molar-refractivity contribution in [2.24, 2.45) is 0 Å². The van der Waals surface area contributed by atoms with Crippen LogP contribution >= 0.6 is 11.3 Å². The summed E-state index contributed by atoms with van der Waals surface area (Å²) in [5.74, 6) is 0. The average molecular weight is 246 g/mol. The highest BCUT2D eigenvalue weighted by molar-refractivity contribution is 7.09. The van der Waals surface area contributed by atoms with Crippen molar-refractivity contribution in [2.75, 3.05) is 5.32 Å². The number of aryl methyl sites for hydroxylation is 2. The Hall–Kier alpha value is -1.35. The van der Waals surface area contributed by atoms with Gasteiger partial charge in [0.25, 0.3) is 0 Å². The van der Waals surface area contributed by atoms with E-state index in [9.17, 15) is 0 Å². The Morgan fingerprint density at radius 3 is 2.47 bits per heavy atom. The Morgan fingerprint density at radius 2 is 1.88 bits per heavy atom. The molecule has 0 amide bonds. The maximum atomic E-state index is 4.53. The standard InChI is InChI=1S/C14H18N2S/c1-3-11-5-7-12(8-6-11)15-9-13-10-17-14(4-2)16-13/h5-8,10,15H,3-4,9H2,1-2H3. The van der Waals surface area contributed by atoms with E-state index < -0.39 is 0 Å². The molecule has 2 nitrogen and oxygen atoms in total. The fourth-order valence-electron chi connectivity index (χ4n) is 1.64. The molecule has 0 aliphatic heterocycles. The van der Waals surface area contributed by atoms with E-state index in [0.717, 1.165) is 30.8 Å². The number of hydrogen-bond acceptors (Lipinski definition) is 3. The van der Waals surface area contributed by atoms with Gasteiger partial charge in [0.1, 0.15) is 0 Å². The molecule has 0 aliphatic rings. The Kier molecular flexibility index (Phi) is 4.15. The van der Waals surface area contributed by atoms with E-state index in [0.29, 0.717) is 0 Å². The van der Waals surface area contributed by atoms with Gasteiger partial charge in [-0.15, -0.1) is 11.3 Å². The number of aromatic nitrogens is 1. The molecule has 0 fully saturated rings. The van der Waals surface area contributed by atoms with Crippen LogP contribution in [-0.2, 0) is 19.4 Å². The predicted octanol–water partition coefficient (Wildman–Crippen LogP) is 3.88. The molecule has 0 spiro atoms. The zero-order valence-corrected chi connectivity index (χ0v) is 11.2. The molecule has 0 aliphatic carbocycles. The van der Waals surface area contributed by atoms with E-state index >= 15 is 0 Å². The zero-order chi connectivity index (χ0) is 12.1. The summed E-state index contributed by atoms with van der Waals surface area (Å²) in [5.41, 5.74) is 3.66. The SMILES string of the molecule is CCc1ccc(NCc2csc(CC)n2)cc1. The average Bonchev–Trinajstić information content (AvgIpc) is 2.85.